The van der Waals surface area contributed by atoms with Crippen molar-refractivity contribution in [3.63, 3.8) is 0 Å². The van der Waals surface area contributed by atoms with Gasteiger partial charge < -0.3 is 14.4 Å². The van der Waals surface area contributed by atoms with Crippen LogP contribution in [0.15, 0.2) is 33.5 Å². The highest BCUT2D eigenvalue weighted by Crippen LogP contribution is 2.26. The van der Waals surface area contributed by atoms with Crippen LogP contribution in [0, 0.1) is 0 Å². The summed E-state index contributed by atoms with van der Waals surface area (Å²) >= 11 is 0. The number of benzene rings is 1. The zero-order valence-electron chi connectivity index (χ0n) is 9.35. The van der Waals surface area contributed by atoms with E-state index in [0.29, 0.717) is 11.5 Å². The van der Waals surface area contributed by atoms with E-state index in [-0.39, 0.29) is 16.6 Å². The van der Waals surface area contributed by atoms with Gasteiger partial charge in [0.25, 0.3) is 0 Å². The van der Waals surface area contributed by atoms with Crippen LogP contribution >= 0.6 is 0 Å². The molecule has 0 aliphatic carbocycles. The highest BCUT2D eigenvalue weighted by Gasteiger charge is 2.17. The maximum absolute atomic E-state index is 11.9. The largest absolute Gasteiger partial charge is 0.507 e. The van der Waals surface area contributed by atoms with Crippen molar-refractivity contribution in [3.05, 3.63) is 34.5 Å². The number of aromatic hydroxyl groups is 1. The van der Waals surface area contributed by atoms with Gasteiger partial charge in [0.05, 0.1) is 0 Å². The number of phenolic OH excluding ortho intramolecular Hbond substituents is 1. The molecule has 0 amide bonds. The quantitative estimate of drug-likeness (QED) is 0.816. The Labute approximate surface area is 98.1 Å². The smallest absolute Gasteiger partial charge is 0.199 e. The maximum atomic E-state index is 11.9. The highest BCUT2D eigenvalue weighted by molar-refractivity contribution is 5.83. The Morgan fingerprint density at radius 1 is 1.24 bits per heavy atom. The molecule has 0 saturated carbocycles. The minimum Gasteiger partial charge on any atom is -0.507 e. The SMILES string of the molecule is O=c1cc(N2CCCC2)oc2cccc(O)c12. The number of phenols is 1. The second-order valence-electron chi connectivity index (χ2n) is 4.29. The average Bonchev–Trinajstić information content (AvgIpc) is 2.81. The zero-order valence-corrected chi connectivity index (χ0v) is 9.35. The molecule has 1 aromatic carbocycles. The predicted octanol–water partition coefficient (Wildman–Crippen LogP) is 2.10. The number of hydrogen-bond acceptors (Lipinski definition) is 4. The van der Waals surface area contributed by atoms with E-state index in [2.05, 4.69) is 4.90 Å². The Morgan fingerprint density at radius 3 is 2.76 bits per heavy atom. The molecule has 1 aliphatic heterocycles. The van der Waals surface area contributed by atoms with Crippen LogP contribution in [0.1, 0.15) is 12.8 Å². The van der Waals surface area contributed by atoms with Gasteiger partial charge in [-0.25, -0.2) is 0 Å². The number of hydrogen-bond donors (Lipinski definition) is 1. The maximum Gasteiger partial charge on any atom is 0.199 e. The number of rotatable bonds is 1. The first-order valence-corrected chi connectivity index (χ1v) is 5.76. The molecule has 3 rings (SSSR count). The van der Waals surface area contributed by atoms with Gasteiger partial charge in [0.2, 0.25) is 0 Å². The normalized spacial score (nSPS) is 15.6. The van der Waals surface area contributed by atoms with E-state index in [4.69, 9.17) is 4.42 Å². The van der Waals surface area contributed by atoms with Crippen molar-refractivity contribution in [2.24, 2.45) is 0 Å². The van der Waals surface area contributed by atoms with Crippen molar-refractivity contribution < 1.29 is 9.52 Å². The molecule has 17 heavy (non-hydrogen) atoms. The van der Waals surface area contributed by atoms with Crippen LogP contribution in [0.2, 0.25) is 0 Å². The molecule has 1 aromatic heterocycles. The summed E-state index contributed by atoms with van der Waals surface area (Å²) in [4.78, 5) is 14.0. The summed E-state index contributed by atoms with van der Waals surface area (Å²) in [5, 5.41) is 9.89. The van der Waals surface area contributed by atoms with Crippen molar-refractivity contribution in [3.8, 4) is 5.75 Å². The Balaban J connectivity index is 2.20. The van der Waals surface area contributed by atoms with Gasteiger partial charge in [-0.2, -0.15) is 0 Å². The number of anilines is 1. The minimum absolute atomic E-state index is 0.0239. The van der Waals surface area contributed by atoms with Crippen LogP contribution in [-0.2, 0) is 0 Å². The first-order chi connectivity index (χ1) is 8.25. The summed E-state index contributed by atoms with van der Waals surface area (Å²) in [6, 6.07) is 6.34. The number of nitrogens with zero attached hydrogens (tertiary/aromatic N) is 1. The topological polar surface area (TPSA) is 53.7 Å². The lowest BCUT2D eigenvalue weighted by atomic mass is 10.2. The standard InChI is InChI=1S/C13H13NO3/c15-9-4-3-5-11-13(9)10(16)8-12(17-11)14-6-1-2-7-14/h3-5,8,15H,1-2,6-7H2. The molecule has 0 unspecified atom stereocenters. The van der Waals surface area contributed by atoms with Crippen molar-refractivity contribution in [1.82, 2.24) is 0 Å². The minimum atomic E-state index is -0.189. The summed E-state index contributed by atoms with van der Waals surface area (Å²) in [6.07, 6.45) is 2.25. The summed E-state index contributed by atoms with van der Waals surface area (Å²) < 4.78 is 5.67. The lowest BCUT2D eigenvalue weighted by Gasteiger charge is -2.15. The Kier molecular flexibility index (Phi) is 2.28. The molecule has 4 nitrogen and oxygen atoms in total. The monoisotopic (exact) mass is 231 g/mol. The molecule has 2 aromatic rings. The predicted molar refractivity (Wildman–Crippen MR) is 65.6 cm³/mol. The Morgan fingerprint density at radius 2 is 2.00 bits per heavy atom. The summed E-state index contributed by atoms with van der Waals surface area (Å²) in [6.45, 7) is 1.85. The average molecular weight is 231 g/mol. The first-order valence-electron chi connectivity index (χ1n) is 5.76. The molecule has 1 N–H and O–H groups in total. The fraction of sp³-hybridized carbons (Fsp3) is 0.308. The second kappa shape index (κ2) is 3.80. The van der Waals surface area contributed by atoms with Crippen molar-refractivity contribution in [2.75, 3.05) is 18.0 Å². The third-order valence-corrected chi connectivity index (χ3v) is 3.14. The van der Waals surface area contributed by atoms with Crippen molar-refractivity contribution >= 4 is 16.9 Å². The van der Waals surface area contributed by atoms with E-state index in [1.165, 1.54) is 12.1 Å². The van der Waals surface area contributed by atoms with E-state index in [0.717, 1.165) is 25.9 Å². The third kappa shape index (κ3) is 1.65. The van der Waals surface area contributed by atoms with Gasteiger partial charge in [-0.15, -0.1) is 0 Å². The fourth-order valence-corrected chi connectivity index (χ4v) is 2.27. The van der Waals surface area contributed by atoms with Gasteiger partial charge in [-0.05, 0) is 25.0 Å². The molecular weight excluding hydrogens is 218 g/mol. The van der Waals surface area contributed by atoms with Crippen LogP contribution < -0.4 is 10.3 Å². The lowest BCUT2D eigenvalue weighted by molar-refractivity contribution is 0.479. The molecule has 1 saturated heterocycles. The summed E-state index contributed by atoms with van der Waals surface area (Å²) in [5.41, 5.74) is 0.255. The molecular formula is C13H13NO3. The van der Waals surface area contributed by atoms with Gasteiger partial charge in [0, 0.05) is 19.2 Å². The third-order valence-electron chi connectivity index (χ3n) is 3.14. The van der Waals surface area contributed by atoms with Crippen LogP contribution in [0.5, 0.6) is 5.75 Å². The van der Waals surface area contributed by atoms with Gasteiger partial charge in [0.15, 0.2) is 11.3 Å². The van der Waals surface area contributed by atoms with E-state index in [1.807, 2.05) is 0 Å². The lowest BCUT2D eigenvalue weighted by Crippen LogP contribution is -2.19. The molecule has 0 radical (unpaired) electrons. The first kappa shape index (κ1) is 10.2. The van der Waals surface area contributed by atoms with Gasteiger partial charge >= 0.3 is 0 Å². The van der Waals surface area contributed by atoms with Gasteiger partial charge in [-0.3, -0.25) is 4.79 Å². The van der Waals surface area contributed by atoms with Gasteiger partial charge in [0.1, 0.15) is 16.7 Å². The molecule has 1 fully saturated rings. The second-order valence-corrected chi connectivity index (χ2v) is 4.29. The summed E-state index contributed by atoms with van der Waals surface area (Å²) in [7, 11) is 0. The van der Waals surface area contributed by atoms with Crippen LogP contribution in [-0.4, -0.2) is 18.2 Å². The van der Waals surface area contributed by atoms with Crippen LogP contribution in [0.25, 0.3) is 11.0 Å². The van der Waals surface area contributed by atoms with Crippen LogP contribution in [0.4, 0.5) is 5.88 Å². The van der Waals surface area contributed by atoms with Gasteiger partial charge in [-0.1, -0.05) is 6.07 Å². The fourth-order valence-electron chi connectivity index (χ4n) is 2.27. The molecule has 2 heterocycles. The zero-order chi connectivity index (χ0) is 11.8. The molecule has 0 spiro atoms. The highest BCUT2D eigenvalue weighted by atomic mass is 16.4. The molecule has 4 heteroatoms. The van der Waals surface area contributed by atoms with E-state index < -0.39 is 0 Å². The molecule has 0 bridgehead atoms. The molecule has 1 aliphatic rings. The molecule has 88 valence electrons. The summed E-state index contributed by atoms with van der Waals surface area (Å²) in [5.74, 6) is 0.579. The van der Waals surface area contributed by atoms with Crippen molar-refractivity contribution in [1.29, 1.82) is 0 Å². The van der Waals surface area contributed by atoms with Crippen molar-refractivity contribution in [2.45, 2.75) is 12.8 Å². The van der Waals surface area contributed by atoms with Crippen LogP contribution in [0.3, 0.4) is 0 Å². The molecule has 0 atom stereocenters. The van der Waals surface area contributed by atoms with E-state index in [9.17, 15) is 9.90 Å². The van der Waals surface area contributed by atoms with E-state index >= 15 is 0 Å². The van der Waals surface area contributed by atoms with E-state index in [1.54, 1.807) is 12.1 Å². The number of fused-ring (bicyclic) bond motifs is 1. The Hall–Kier alpha value is -1.97. The Bertz CT molecular complexity index is 612.